The maximum Gasteiger partial charge on any atom is 0.133 e. The Bertz CT molecular complexity index is 1060. The summed E-state index contributed by atoms with van der Waals surface area (Å²) in [6.45, 7) is 19.3. The number of aryl methyl sites for hydroxylation is 10. The molecule has 0 bridgehead atoms. The molecular formula is C29H39N7O2. The van der Waals surface area contributed by atoms with Crippen LogP contribution in [0.25, 0.3) is 0 Å². The SMILES string of the molecule is Cc1cc(C)on1.Cc1cc(C)on1.Cc1ccc(C)nc1.Cc1cnc(C)cn1.Cc1cnc(C)nc1. The predicted molar refractivity (Wildman–Crippen MR) is 149 cm³/mol. The van der Waals surface area contributed by atoms with Crippen molar-refractivity contribution in [3.63, 3.8) is 0 Å². The maximum absolute atomic E-state index is 4.71. The molecule has 0 N–H and O–H groups in total. The van der Waals surface area contributed by atoms with Crippen LogP contribution in [0, 0.1) is 69.2 Å². The van der Waals surface area contributed by atoms with Gasteiger partial charge in [-0.25, -0.2) is 9.97 Å². The van der Waals surface area contributed by atoms with E-state index in [-0.39, 0.29) is 0 Å². The molecule has 0 aliphatic carbocycles. The first-order chi connectivity index (χ1) is 17.9. The summed E-state index contributed by atoms with van der Waals surface area (Å²) in [6, 6.07) is 7.84. The zero-order valence-electron chi connectivity index (χ0n) is 24.1. The monoisotopic (exact) mass is 517 g/mol. The summed E-state index contributed by atoms with van der Waals surface area (Å²) in [6.07, 6.45) is 9.00. The van der Waals surface area contributed by atoms with Gasteiger partial charge in [0.2, 0.25) is 0 Å². The second kappa shape index (κ2) is 17.2. The average Bonchev–Trinajstić information content (AvgIpc) is 3.46. The average molecular weight is 518 g/mol. The van der Waals surface area contributed by atoms with Crippen LogP contribution in [0.4, 0.5) is 0 Å². The third-order valence-corrected chi connectivity index (χ3v) is 4.37. The van der Waals surface area contributed by atoms with Crippen LogP contribution in [0.5, 0.6) is 0 Å². The number of hydrogen-bond donors (Lipinski definition) is 0. The fourth-order valence-electron chi connectivity index (χ4n) is 2.44. The minimum atomic E-state index is 0.829. The molecule has 5 aromatic rings. The normalized spacial score (nSPS) is 9.32. The summed E-state index contributed by atoms with van der Waals surface area (Å²) in [5.41, 5.74) is 7.22. The van der Waals surface area contributed by atoms with Gasteiger partial charge in [0, 0.05) is 48.8 Å². The molecule has 0 aliphatic heterocycles. The summed E-state index contributed by atoms with van der Waals surface area (Å²) in [7, 11) is 0. The molecule has 0 amide bonds. The molecule has 0 saturated heterocycles. The number of aromatic nitrogens is 7. The van der Waals surface area contributed by atoms with Gasteiger partial charge in [0.15, 0.2) is 0 Å². The zero-order chi connectivity index (χ0) is 28.5. The van der Waals surface area contributed by atoms with Crippen molar-refractivity contribution in [3.8, 4) is 0 Å². The Balaban J connectivity index is 0.000000238. The van der Waals surface area contributed by atoms with Crippen molar-refractivity contribution in [2.45, 2.75) is 69.2 Å². The van der Waals surface area contributed by atoms with Crippen molar-refractivity contribution >= 4 is 0 Å². The lowest BCUT2D eigenvalue weighted by Gasteiger charge is -1.89. The lowest BCUT2D eigenvalue weighted by molar-refractivity contribution is 0.393. The first kappa shape index (κ1) is 31.8. The highest BCUT2D eigenvalue weighted by Gasteiger charge is 1.89. The Kier molecular flexibility index (Phi) is 14.4. The van der Waals surface area contributed by atoms with Gasteiger partial charge in [-0.1, -0.05) is 16.4 Å². The fraction of sp³-hybridized carbons (Fsp3) is 0.345. The summed E-state index contributed by atoms with van der Waals surface area (Å²) in [5, 5.41) is 7.28. The van der Waals surface area contributed by atoms with E-state index in [1.165, 1.54) is 5.56 Å². The maximum atomic E-state index is 4.71. The highest BCUT2D eigenvalue weighted by atomic mass is 16.5. The van der Waals surface area contributed by atoms with Crippen LogP contribution in [-0.2, 0) is 0 Å². The molecule has 0 spiro atoms. The van der Waals surface area contributed by atoms with Crippen molar-refractivity contribution in [3.05, 3.63) is 112 Å². The van der Waals surface area contributed by atoms with E-state index < -0.39 is 0 Å². The summed E-state index contributed by atoms with van der Waals surface area (Å²) >= 11 is 0. The van der Waals surface area contributed by atoms with Crippen molar-refractivity contribution in [2.75, 3.05) is 0 Å². The smallest absolute Gasteiger partial charge is 0.133 e. The topological polar surface area (TPSA) is 117 Å². The number of nitrogens with zero attached hydrogens (tertiary/aromatic N) is 7. The molecule has 5 rings (SSSR count). The minimum absolute atomic E-state index is 0.829. The second-order valence-electron chi connectivity index (χ2n) is 8.74. The third-order valence-electron chi connectivity index (χ3n) is 4.37. The Morgan fingerprint density at radius 3 is 1.08 bits per heavy atom. The first-order valence-corrected chi connectivity index (χ1v) is 12.1. The number of hydrogen-bond acceptors (Lipinski definition) is 9. The van der Waals surface area contributed by atoms with Gasteiger partial charge in [0.25, 0.3) is 0 Å². The molecule has 38 heavy (non-hydrogen) atoms. The molecule has 0 unspecified atom stereocenters. The van der Waals surface area contributed by atoms with Gasteiger partial charge in [-0.3, -0.25) is 15.0 Å². The van der Waals surface area contributed by atoms with Crippen LogP contribution in [0.2, 0.25) is 0 Å². The van der Waals surface area contributed by atoms with Crippen LogP contribution >= 0.6 is 0 Å². The van der Waals surface area contributed by atoms with Crippen molar-refractivity contribution < 1.29 is 9.05 Å². The minimum Gasteiger partial charge on any atom is -0.361 e. The molecule has 9 heteroatoms. The lowest BCUT2D eigenvalue weighted by atomic mass is 10.3. The summed E-state index contributed by atoms with van der Waals surface area (Å²) in [5.74, 6) is 2.57. The third kappa shape index (κ3) is 15.7. The van der Waals surface area contributed by atoms with Crippen LogP contribution in [-0.4, -0.2) is 35.2 Å². The standard InChI is InChI=1S/C7H9N.2C6H8N2.2C5H7NO/c1-6-3-4-7(2)8-5-6;1-5-3-8-6(2)4-7-5;1-5-3-7-6(2)8-4-5;2*1-4-3-5(2)7-6-4/h3-5H,1-2H3;2*3-4H,1-2H3;2*3H,1-2H3. The van der Waals surface area contributed by atoms with Crippen LogP contribution < -0.4 is 0 Å². The van der Waals surface area contributed by atoms with E-state index >= 15 is 0 Å². The van der Waals surface area contributed by atoms with Crippen molar-refractivity contribution in [2.24, 2.45) is 0 Å². The molecule has 202 valence electrons. The summed E-state index contributed by atoms with van der Waals surface area (Å²) in [4.78, 5) is 20.0. The summed E-state index contributed by atoms with van der Waals surface area (Å²) < 4.78 is 9.43. The van der Waals surface area contributed by atoms with E-state index in [2.05, 4.69) is 41.3 Å². The largest absolute Gasteiger partial charge is 0.361 e. The van der Waals surface area contributed by atoms with Crippen LogP contribution in [0.1, 0.15) is 56.9 Å². The quantitative estimate of drug-likeness (QED) is 0.228. The van der Waals surface area contributed by atoms with Gasteiger partial charge in [0.1, 0.15) is 17.3 Å². The molecule has 0 radical (unpaired) electrons. The molecule has 0 saturated carbocycles. The Hall–Kier alpha value is -4.27. The van der Waals surface area contributed by atoms with Crippen LogP contribution in [0.3, 0.4) is 0 Å². The molecule has 0 aliphatic rings. The van der Waals surface area contributed by atoms with Crippen molar-refractivity contribution in [1.29, 1.82) is 0 Å². The predicted octanol–water partition coefficient (Wildman–Crippen LogP) is 6.47. The van der Waals surface area contributed by atoms with E-state index in [0.717, 1.165) is 51.4 Å². The molecular weight excluding hydrogens is 478 g/mol. The Labute approximate surface area is 225 Å². The fourth-order valence-corrected chi connectivity index (χ4v) is 2.44. The first-order valence-electron chi connectivity index (χ1n) is 12.1. The van der Waals surface area contributed by atoms with Crippen LogP contribution in [0.15, 0.2) is 64.3 Å². The van der Waals surface area contributed by atoms with Crippen molar-refractivity contribution in [1.82, 2.24) is 35.2 Å². The number of rotatable bonds is 0. The molecule has 5 heterocycles. The van der Waals surface area contributed by atoms with E-state index in [1.54, 1.807) is 12.4 Å². The molecule has 0 atom stereocenters. The van der Waals surface area contributed by atoms with E-state index in [9.17, 15) is 0 Å². The van der Waals surface area contributed by atoms with E-state index in [1.807, 2.05) is 106 Å². The van der Waals surface area contributed by atoms with Gasteiger partial charge in [0.05, 0.1) is 22.8 Å². The molecule has 9 nitrogen and oxygen atoms in total. The van der Waals surface area contributed by atoms with Gasteiger partial charge >= 0.3 is 0 Å². The second-order valence-corrected chi connectivity index (χ2v) is 8.74. The highest BCUT2D eigenvalue weighted by molar-refractivity contribution is 5.10. The van der Waals surface area contributed by atoms with Gasteiger partial charge < -0.3 is 9.05 Å². The van der Waals surface area contributed by atoms with E-state index in [0.29, 0.717) is 0 Å². The Morgan fingerprint density at radius 1 is 0.421 bits per heavy atom. The number of pyridine rings is 1. The molecule has 0 fully saturated rings. The Morgan fingerprint density at radius 2 is 0.842 bits per heavy atom. The zero-order valence-corrected chi connectivity index (χ0v) is 24.1. The van der Waals surface area contributed by atoms with Gasteiger partial charge in [-0.2, -0.15) is 0 Å². The lowest BCUT2D eigenvalue weighted by Crippen LogP contribution is -1.84. The highest BCUT2D eigenvalue weighted by Crippen LogP contribution is 1.98. The molecule has 5 aromatic heterocycles. The van der Waals surface area contributed by atoms with Gasteiger partial charge in [-0.05, 0) is 86.4 Å². The van der Waals surface area contributed by atoms with E-state index in [4.69, 9.17) is 9.05 Å². The molecule has 0 aromatic carbocycles. The van der Waals surface area contributed by atoms with Gasteiger partial charge in [-0.15, -0.1) is 0 Å².